The summed E-state index contributed by atoms with van der Waals surface area (Å²) in [5, 5.41) is 0. The Morgan fingerprint density at radius 2 is 1.65 bits per heavy atom. The first-order valence-corrected chi connectivity index (χ1v) is 14.1. The molecular formula is C21H39N3O6Si. The molecule has 1 amide bonds. The van der Waals surface area contributed by atoms with Crippen molar-refractivity contribution in [3.8, 4) is 0 Å². The Morgan fingerprint density at radius 3 is 2.00 bits per heavy atom. The maximum atomic E-state index is 12.3. The van der Waals surface area contributed by atoms with E-state index >= 15 is 0 Å². The summed E-state index contributed by atoms with van der Waals surface area (Å²) in [5.74, 6) is 1.06. The molecular weight excluding hydrogens is 418 g/mol. The molecule has 31 heavy (non-hydrogen) atoms. The standard InChI is InChI=1S/C17H29NO6.C4H10N2Si/c1-16(2,3)24-15(21)18-11-9-17(10-12-18,14(20)23-5)8-6-7-13(19)22-4;1-7(2,3)4-6-5/h6-12H2,1-5H3;4H,1-3H3. The third-order valence-electron chi connectivity index (χ3n) is 4.70. The van der Waals surface area contributed by atoms with Gasteiger partial charge in [-0.2, -0.15) is 4.79 Å². The van der Waals surface area contributed by atoms with E-state index in [-0.39, 0.29) is 24.5 Å². The molecule has 0 aromatic rings. The molecule has 0 bridgehead atoms. The van der Waals surface area contributed by atoms with Crippen molar-refractivity contribution in [1.29, 1.82) is 0 Å². The van der Waals surface area contributed by atoms with Crippen LogP contribution in [0.5, 0.6) is 0 Å². The van der Waals surface area contributed by atoms with Crippen LogP contribution in [-0.2, 0) is 23.8 Å². The lowest BCUT2D eigenvalue weighted by Gasteiger charge is -2.40. The van der Waals surface area contributed by atoms with Crippen molar-refractivity contribution in [2.24, 2.45) is 5.41 Å². The van der Waals surface area contributed by atoms with E-state index in [0.717, 1.165) is 0 Å². The van der Waals surface area contributed by atoms with Crippen LogP contribution in [0.4, 0.5) is 4.79 Å². The van der Waals surface area contributed by atoms with Crippen LogP contribution in [0.15, 0.2) is 0 Å². The third-order valence-corrected chi connectivity index (χ3v) is 5.59. The number of carbonyl (C=O) groups is 3. The van der Waals surface area contributed by atoms with Crippen LogP contribution in [-0.4, -0.2) is 74.5 Å². The predicted molar refractivity (Wildman–Crippen MR) is 120 cm³/mol. The molecule has 0 aliphatic carbocycles. The van der Waals surface area contributed by atoms with Crippen LogP contribution in [0.3, 0.4) is 0 Å². The summed E-state index contributed by atoms with van der Waals surface area (Å²) in [6, 6.07) is 0. The van der Waals surface area contributed by atoms with Gasteiger partial charge in [0, 0.05) is 19.5 Å². The Labute approximate surface area is 187 Å². The van der Waals surface area contributed by atoms with Crippen molar-refractivity contribution in [2.75, 3.05) is 27.3 Å². The number of rotatable bonds is 6. The van der Waals surface area contributed by atoms with Crippen LogP contribution in [0.25, 0.3) is 5.53 Å². The van der Waals surface area contributed by atoms with Gasteiger partial charge in [0.2, 0.25) is 5.84 Å². The summed E-state index contributed by atoms with van der Waals surface area (Å²) >= 11 is 0. The Kier molecular flexibility index (Phi) is 11.7. The minimum Gasteiger partial charge on any atom is -0.469 e. The van der Waals surface area contributed by atoms with Crippen molar-refractivity contribution < 1.29 is 33.4 Å². The number of piperidine rings is 1. The zero-order valence-corrected chi connectivity index (χ0v) is 21.3. The quantitative estimate of drug-likeness (QED) is 0.150. The number of carbonyl (C=O) groups excluding carboxylic acids is 3. The second kappa shape index (κ2) is 12.6. The van der Waals surface area contributed by atoms with Crippen molar-refractivity contribution in [1.82, 2.24) is 4.90 Å². The van der Waals surface area contributed by atoms with Gasteiger partial charge < -0.3 is 24.6 Å². The van der Waals surface area contributed by atoms with Gasteiger partial charge in [-0.3, -0.25) is 9.59 Å². The van der Waals surface area contributed by atoms with Gasteiger partial charge in [0.15, 0.2) is 8.07 Å². The highest BCUT2D eigenvalue weighted by Gasteiger charge is 2.43. The van der Waals surface area contributed by atoms with Crippen LogP contribution in [0, 0.1) is 5.41 Å². The fourth-order valence-electron chi connectivity index (χ4n) is 3.06. The molecule has 0 N–H and O–H groups in total. The van der Waals surface area contributed by atoms with Crippen molar-refractivity contribution >= 4 is 31.9 Å². The molecule has 0 unspecified atom stereocenters. The predicted octanol–water partition coefficient (Wildman–Crippen LogP) is 3.68. The molecule has 9 nitrogen and oxygen atoms in total. The molecule has 0 aromatic heterocycles. The molecule has 1 rings (SSSR count). The number of ether oxygens (including phenoxy) is 3. The van der Waals surface area contributed by atoms with Crippen molar-refractivity contribution in [2.45, 2.75) is 78.1 Å². The van der Waals surface area contributed by atoms with Crippen LogP contribution in [0.2, 0.25) is 19.6 Å². The van der Waals surface area contributed by atoms with Gasteiger partial charge in [0.1, 0.15) is 5.60 Å². The van der Waals surface area contributed by atoms with E-state index in [1.807, 2.05) is 20.8 Å². The van der Waals surface area contributed by atoms with E-state index in [4.69, 9.17) is 15.0 Å². The second-order valence-electron chi connectivity index (χ2n) is 9.78. The summed E-state index contributed by atoms with van der Waals surface area (Å²) in [7, 11) is 1.51. The minimum atomic E-state index is -1.20. The average Bonchev–Trinajstić information content (AvgIpc) is 2.65. The van der Waals surface area contributed by atoms with E-state index in [2.05, 4.69) is 29.2 Å². The Bertz CT molecular complexity index is 655. The molecule has 0 radical (unpaired) electrons. The van der Waals surface area contributed by atoms with Gasteiger partial charge >= 0.3 is 18.0 Å². The van der Waals surface area contributed by atoms with Gasteiger partial charge in [0.05, 0.1) is 19.6 Å². The van der Waals surface area contributed by atoms with E-state index in [9.17, 15) is 14.4 Å². The zero-order valence-electron chi connectivity index (χ0n) is 20.3. The fourth-order valence-corrected chi connectivity index (χ4v) is 3.41. The van der Waals surface area contributed by atoms with Gasteiger partial charge in [0.25, 0.3) is 0 Å². The monoisotopic (exact) mass is 457 g/mol. The van der Waals surface area contributed by atoms with E-state index in [1.165, 1.54) is 14.2 Å². The summed E-state index contributed by atoms with van der Waals surface area (Å²) < 4.78 is 15.0. The lowest BCUT2D eigenvalue weighted by molar-refractivity contribution is -0.157. The first-order chi connectivity index (χ1) is 14.2. The highest BCUT2D eigenvalue weighted by molar-refractivity contribution is 6.98. The number of hydrogen-bond acceptors (Lipinski definition) is 6. The van der Waals surface area contributed by atoms with Gasteiger partial charge in [-0.1, -0.05) is 19.6 Å². The number of methoxy groups -OCH3 is 2. The number of hydrogen-bond donors (Lipinski definition) is 0. The normalized spacial score (nSPS) is 15.5. The summed E-state index contributed by atoms with van der Waals surface area (Å²) in [5.41, 5.74) is 6.81. The maximum absolute atomic E-state index is 12.3. The summed E-state index contributed by atoms with van der Waals surface area (Å²) in [4.78, 5) is 40.2. The number of nitrogens with zero attached hydrogens (tertiary/aromatic N) is 3. The molecule has 0 saturated carbocycles. The Morgan fingerprint density at radius 1 is 1.10 bits per heavy atom. The van der Waals surface area contributed by atoms with Gasteiger partial charge in [-0.15, -0.1) is 0 Å². The van der Waals surface area contributed by atoms with E-state index in [1.54, 1.807) is 10.7 Å². The number of esters is 2. The topological polar surface area (TPSA) is 119 Å². The maximum Gasteiger partial charge on any atom is 0.410 e. The van der Waals surface area contributed by atoms with Crippen LogP contribution in [0.1, 0.15) is 52.9 Å². The molecule has 1 saturated heterocycles. The summed E-state index contributed by atoms with van der Waals surface area (Å²) in [6.45, 7) is 12.6. The molecule has 1 aliphatic heterocycles. The van der Waals surface area contributed by atoms with Crippen molar-refractivity contribution in [3.63, 3.8) is 0 Å². The SMILES string of the molecule is COC(=O)CCCC1(C(=O)OC)CCN(C(=O)OC(C)(C)C)CC1.C[Si](C)(C)C=[N+]=[N-]. The Balaban J connectivity index is 0.00000110. The third kappa shape index (κ3) is 11.7. The lowest BCUT2D eigenvalue weighted by Crippen LogP contribution is -2.48. The number of likely N-dealkylation sites (tertiary alicyclic amines) is 1. The van der Waals surface area contributed by atoms with Crippen LogP contribution >= 0.6 is 0 Å². The first-order valence-electron chi connectivity index (χ1n) is 10.5. The molecule has 1 fully saturated rings. The van der Waals surface area contributed by atoms with Crippen molar-refractivity contribution in [3.05, 3.63) is 5.53 Å². The average molecular weight is 458 g/mol. The molecule has 1 aliphatic rings. The highest BCUT2D eigenvalue weighted by Crippen LogP contribution is 2.38. The highest BCUT2D eigenvalue weighted by atomic mass is 28.3. The number of amides is 1. The van der Waals surface area contributed by atoms with Gasteiger partial charge in [-0.25, -0.2) is 4.79 Å². The second-order valence-corrected chi connectivity index (χ2v) is 14.8. The van der Waals surface area contributed by atoms with E-state index < -0.39 is 19.1 Å². The van der Waals surface area contributed by atoms with Gasteiger partial charge in [-0.05, 0) is 46.5 Å². The van der Waals surface area contributed by atoms with E-state index in [0.29, 0.717) is 38.8 Å². The molecule has 178 valence electrons. The smallest absolute Gasteiger partial charge is 0.410 e. The van der Waals surface area contributed by atoms with Crippen LogP contribution < -0.4 is 0 Å². The Hall–Kier alpha value is -2.19. The summed E-state index contributed by atoms with van der Waals surface area (Å²) in [6.07, 6.45) is 1.99. The minimum absolute atomic E-state index is 0.269. The fraction of sp³-hybridized carbons (Fsp3) is 0.810. The molecule has 0 spiro atoms. The molecule has 1 heterocycles. The largest absolute Gasteiger partial charge is 0.469 e. The first kappa shape index (κ1) is 28.8. The molecule has 0 aromatic carbocycles. The molecule has 10 heteroatoms. The molecule has 0 atom stereocenters. The lowest BCUT2D eigenvalue weighted by atomic mass is 9.74. The zero-order chi connectivity index (χ0) is 24.3.